The molecule has 3 nitrogen and oxygen atoms in total. The number of ether oxygens (including phenoxy) is 1. The van der Waals surface area contributed by atoms with E-state index in [0.717, 1.165) is 11.1 Å². The Bertz CT molecular complexity index is 725. The molecule has 0 bridgehead atoms. The highest BCUT2D eigenvalue weighted by Gasteiger charge is 2.19. The molecule has 2 aromatic carbocycles. The van der Waals surface area contributed by atoms with Crippen molar-refractivity contribution in [2.75, 3.05) is 5.88 Å². The standard InChI is InChI=1S/C16H11ClN2OS/c17-13-6-7-15(20-16-9-21-11-19(16)10-18)14(8-13)12-4-2-1-3-5-12/h1-9H,11H2. The maximum absolute atomic E-state index is 9.07. The third-order valence-electron chi connectivity index (χ3n) is 3.02. The number of hydrogen-bond acceptors (Lipinski definition) is 4. The molecule has 1 aliphatic heterocycles. The van der Waals surface area contributed by atoms with E-state index >= 15 is 0 Å². The van der Waals surface area contributed by atoms with Crippen LogP contribution in [0.25, 0.3) is 11.1 Å². The Morgan fingerprint density at radius 2 is 2.00 bits per heavy atom. The van der Waals surface area contributed by atoms with Crippen molar-refractivity contribution in [2.45, 2.75) is 0 Å². The number of halogens is 1. The molecule has 1 heterocycles. The van der Waals surface area contributed by atoms with Gasteiger partial charge in [0.1, 0.15) is 5.75 Å². The highest BCUT2D eigenvalue weighted by atomic mass is 35.5. The second kappa shape index (κ2) is 6.13. The zero-order chi connectivity index (χ0) is 14.7. The minimum atomic E-state index is 0.544. The highest BCUT2D eigenvalue weighted by Crippen LogP contribution is 2.35. The fourth-order valence-corrected chi connectivity index (χ4v) is 2.91. The number of rotatable bonds is 3. The lowest BCUT2D eigenvalue weighted by Crippen LogP contribution is -2.16. The monoisotopic (exact) mass is 314 g/mol. The summed E-state index contributed by atoms with van der Waals surface area (Å²) in [6.45, 7) is 0. The van der Waals surface area contributed by atoms with Crippen LogP contribution >= 0.6 is 23.4 Å². The van der Waals surface area contributed by atoms with E-state index < -0.39 is 0 Å². The van der Waals surface area contributed by atoms with E-state index in [-0.39, 0.29) is 0 Å². The van der Waals surface area contributed by atoms with Gasteiger partial charge in [0.05, 0.1) is 5.88 Å². The van der Waals surface area contributed by atoms with Crippen molar-refractivity contribution >= 4 is 23.4 Å². The summed E-state index contributed by atoms with van der Waals surface area (Å²) in [6, 6.07) is 15.4. The molecule has 0 saturated heterocycles. The van der Waals surface area contributed by atoms with E-state index in [1.165, 1.54) is 16.7 Å². The van der Waals surface area contributed by atoms with Crippen molar-refractivity contribution in [3.8, 4) is 23.1 Å². The lowest BCUT2D eigenvalue weighted by Gasteiger charge is -2.16. The molecule has 104 valence electrons. The Labute approximate surface area is 132 Å². The third-order valence-corrected chi connectivity index (χ3v) is 4.03. The van der Waals surface area contributed by atoms with Crippen molar-refractivity contribution in [1.29, 1.82) is 5.26 Å². The van der Waals surface area contributed by atoms with Crippen LogP contribution in [0.4, 0.5) is 0 Å². The SMILES string of the molecule is N#CN1CSC=C1Oc1ccc(Cl)cc1-c1ccccc1. The van der Waals surface area contributed by atoms with Gasteiger partial charge in [0.25, 0.3) is 0 Å². The molecule has 0 spiro atoms. The van der Waals surface area contributed by atoms with Crippen molar-refractivity contribution in [3.63, 3.8) is 0 Å². The van der Waals surface area contributed by atoms with Gasteiger partial charge in [-0.3, -0.25) is 0 Å². The van der Waals surface area contributed by atoms with Crippen molar-refractivity contribution in [1.82, 2.24) is 4.90 Å². The van der Waals surface area contributed by atoms with Crippen LogP contribution in [-0.4, -0.2) is 10.8 Å². The van der Waals surface area contributed by atoms with Crippen molar-refractivity contribution < 1.29 is 4.74 Å². The van der Waals surface area contributed by atoms with Crippen LogP contribution in [-0.2, 0) is 0 Å². The van der Waals surface area contributed by atoms with E-state index in [2.05, 4.69) is 6.19 Å². The highest BCUT2D eigenvalue weighted by molar-refractivity contribution is 8.02. The molecule has 0 fully saturated rings. The quantitative estimate of drug-likeness (QED) is 0.771. The second-order valence-corrected chi connectivity index (χ2v) is 5.65. The molecule has 1 aliphatic rings. The van der Waals surface area contributed by atoms with Crippen molar-refractivity contribution in [3.05, 3.63) is 64.8 Å². The van der Waals surface area contributed by atoms with Gasteiger partial charge >= 0.3 is 0 Å². The largest absolute Gasteiger partial charge is 0.439 e. The fraction of sp³-hybridized carbons (Fsp3) is 0.0625. The zero-order valence-corrected chi connectivity index (χ0v) is 12.6. The summed E-state index contributed by atoms with van der Waals surface area (Å²) in [7, 11) is 0. The number of hydrogen-bond donors (Lipinski definition) is 0. The van der Waals surface area contributed by atoms with Crippen LogP contribution in [0.1, 0.15) is 0 Å². The maximum atomic E-state index is 9.07. The molecule has 0 radical (unpaired) electrons. The maximum Gasteiger partial charge on any atom is 0.216 e. The topological polar surface area (TPSA) is 36.3 Å². The molecular formula is C16H11ClN2OS. The number of thioether (sulfide) groups is 1. The van der Waals surface area contributed by atoms with Gasteiger partial charge in [-0.25, -0.2) is 4.90 Å². The van der Waals surface area contributed by atoms with E-state index in [1.54, 1.807) is 6.07 Å². The average Bonchev–Trinajstić information content (AvgIpc) is 2.97. The van der Waals surface area contributed by atoms with Crippen molar-refractivity contribution in [2.24, 2.45) is 0 Å². The minimum Gasteiger partial charge on any atom is -0.439 e. The van der Waals surface area contributed by atoms with Gasteiger partial charge < -0.3 is 4.74 Å². The van der Waals surface area contributed by atoms with Gasteiger partial charge in [-0.05, 0) is 23.8 Å². The molecule has 21 heavy (non-hydrogen) atoms. The predicted molar refractivity (Wildman–Crippen MR) is 85.5 cm³/mol. The molecule has 0 amide bonds. The Balaban J connectivity index is 1.98. The Kier molecular flexibility index (Phi) is 4.05. The number of benzene rings is 2. The summed E-state index contributed by atoms with van der Waals surface area (Å²) in [5.41, 5.74) is 1.92. The molecule has 0 atom stereocenters. The van der Waals surface area contributed by atoms with Crippen LogP contribution in [0.5, 0.6) is 5.75 Å². The zero-order valence-electron chi connectivity index (χ0n) is 11.0. The van der Waals surface area contributed by atoms with Gasteiger partial charge in [-0.2, -0.15) is 5.26 Å². The van der Waals surface area contributed by atoms with E-state index in [0.29, 0.717) is 22.5 Å². The number of nitriles is 1. The lowest BCUT2D eigenvalue weighted by molar-refractivity contribution is 0.309. The third kappa shape index (κ3) is 2.99. The Hall–Kier alpha value is -2.09. The molecule has 0 N–H and O–H groups in total. The average molecular weight is 315 g/mol. The summed E-state index contributed by atoms with van der Waals surface area (Å²) in [6.07, 6.45) is 2.10. The van der Waals surface area contributed by atoms with Crippen LogP contribution in [0, 0.1) is 11.5 Å². The lowest BCUT2D eigenvalue weighted by atomic mass is 10.0. The second-order valence-electron chi connectivity index (χ2n) is 4.39. The Morgan fingerprint density at radius 3 is 2.76 bits per heavy atom. The van der Waals surface area contributed by atoms with E-state index in [1.807, 2.05) is 47.9 Å². The van der Waals surface area contributed by atoms with Gasteiger partial charge in [-0.1, -0.05) is 41.9 Å². The van der Waals surface area contributed by atoms with Gasteiger partial charge in [-0.15, -0.1) is 11.8 Å². The molecule has 0 aromatic heterocycles. The molecule has 2 aromatic rings. The summed E-state index contributed by atoms with van der Waals surface area (Å²) in [4.78, 5) is 1.51. The fourth-order valence-electron chi connectivity index (χ4n) is 2.01. The van der Waals surface area contributed by atoms with E-state index in [4.69, 9.17) is 21.6 Å². The summed E-state index contributed by atoms with van der Waals surface area (Å²) >= 11 is 7.63. The van der Waals surface area contributed by atoms with Crippen LogP contribution in [0.2, 0.25) is 5.02 Å². The van der Waals surface area contributed by atoms with Crippen LogP contribution < -0.4 is 4.74 Å². The Morgan fingerprint density at radius 1 is 1.19 bits per heavy atom. The van der Waals surface area contributed by atoms with Gasteiger partial charge in [0.2, 0.25) is 5.88 Å². The first-order valence-corrected chi connectivity index (χ1v) is 7.72. The summed E-state index contributed by atoms with van der Waals surface area (Å²) < 4.78 is 5.90. The van der Waals surface area contributed by atoms with Gasteiger partial charge in [0, 0.05) is 16.0 Å². The first-order valence-electron chi connectivity index (χ1n) is 6.30. The molecule has 0 aliphatic carbocycles. The van der Waals surface area contributed by atoms with E-state index in [9.17, 15) is 0 Å². The molecule has 3 rings (SSSR count). The molecular weight excluding hydrogens is 304 g/mol. The number of nitrogens with zero attached hydrogens (tertiary/aromatic N) is 2. The predicted octanol–water partition coefficient (Wildman–Crippen LogP) is 4.67. The first-order chi connectivity index (χ1) is 10.3. The van der Waals surface area contributed by atoms with Gasteiger partial charge in [0.15, 0.2) is 6.19 Å². The molecule has 0 saturated carbocycles. The van der Waals surface area contributed by atoms with Crippen LogP contribution in [0.15, 0.2) is 59.8 Å². The summed E-state index contributed by atoms with van der Waals surface area (Å²) in [5, 5.41) is 11.6. The van der Waals surface area contributed by atoms with Crippen LogP contribution in [0.3, 0.4) is 0 Å². The normalized spacial score (nSPS) is 13.7. The molecule has 5 heteroatoms. The summed E-state index contributed by atoms with van der Waals surface area (Å²) in [5.74, 6) is 1.81. The first kappa shape index (κ1) is 13.9. The molecule has 0 unspecified atom stereocenters. The smallest absolute Gasteiger partial charge is 0.216 e. The minimum absolute atomic E-state index is 0.544.